The molecule has 0 bridgehead atoms. The smallest absolute Gasteiger partial charge is 0.242 e. The lowest BCUT2D eigenvalue weighted by molar-refractivity contribution is -0.120. The molecule has 2 aromatic rings. The molecule has 1 aromatic carbocycles. The van der Waals surface area contributed by atoms with Crippen molar-refractivity contribution in [3.05, 3.63) is 41.0 Å². The largest absolute Gasteiger partial charge is 0.352 e. The number of hydrogen-bond donors (Lipinski definition) is 1. The minimum Gasteiger partial charge on any atom is -0.352 e. The monoisotopic (exact) mass is 294 g/mol. The Morgan fingerprint density at radius 2 is 2.16 bits per heavy atom. The van der Waals surface area contributed by atoms with Gasteiger partial charge in [0, 0.05) is 28.2 Å². The second kappa shape index (κ2) is 4.99. The van der Waals surface area contributed by atoms with E-state index in [-0.39, 0.29) is 5.91 Å². The second-order valence-corrected chi connectivity index (χ2v) is 5.53. The van der Waals surface area contributed by atoms with Crippen molar-refractivity contribution < 1.29 is 4.79 Å². The fraction of sp³-hybridized carbons (Fsp3) is 0.286. The van der Waals surface area contributed by atoms with Crippen LogP contribution in [-0.4, -0.2) is 16.9 Å². The van der Waals surface area contributed by atoms with E-state index >= 15 is 0 Å². The molecule has 1 atom stereocenters. The molecule has 0 spiro atoms. The van der Waals surface area contributed by atoms with Crippen molar-refractivity contribution in [3.8, 4) is 0 Å². The molecular formula is C14H12Cl2N2O. The SMILES string of the molecule is O=C(NC1CC1)C(Cl)c1ccc(Cl)c2cccnc12. The number of alkyl halides is 1. The van der Waals surface area contributed by atoms with E-state index in [2.05, 4.69) is 10.3 Å². The standard InChI is InChI=1S/C14H12Cl2N2O/c15-11-6-5-10(13-9(11)2-1-7-17-13)12(16)14(19)18-8-3-4-8/h1-2,5-8,12H,3-4H2,(H,18,19). The number of aromatic nitrogens is 1. The van der Waals surface area contributed by atoms with Crippen LogP contribution >= 0.6 is 23.2 Å². The van der Waals surface area contributed by atoms with E-state index in [1.54, 1.807) is 18.3 Å². The van der Waals surface area contributed by atoms with Crippen molar-refractivity contribution in [1.82, 2.24) is 10.3 Å². The number of fused-ring (bicyclic) bond motifs is 1. The van der Waals surface area contributed by atoms with Gasteiger partial charge < -0.3 is 5.32 Å². The normalized spacial score (nSPS) is 16.3. The molecule has 0 aliphatic heterocycles. The number of amides is 1. The topological polar surface area (TPSA) is 42.0 Å². The zero-order chi connectivity index (χ0) is 13.4. The lowest BCUT2D eigenvalue weighted by atomic mass is 10.1. The van der Waals surface area contributed by atoms with Gasteiger partial charge in [-0.15, -0.1) is 11.6 Å². The molecule has 1 amide bonds. The van der Waals surface area contributed by atoms with Gasteiger partial charge in [0.2, 0.25) is 5.91 Å². The summed E-state index contributed by atoms with van der Waals surface area (Å²) in [6.07, 6.45) is 3.74. The number of rotatable bonds is 3. The van der Waals surface area contributed by atoms with Gasteiger partial charge in [-0.3, -0.25) is 9.78 Å². The van der Waals surface area contributed by atoms with Crippen molar-refractivity contribution in [3.63, 3.8) is 0 Å². The van der Waals surface area contributed by atoms with Gasteiger partial charge in [-0.05, 0) is 31.0 Å². The summed E-state index contributed by atoms with van der Waals surface area (Å²) in [5.41, 5.74) is 1.38. The maximum atomic E-state index is 12.0. The molecule has 1 fully saturated rings. The van der Waals surface area contributed by atoms with Gasteiger partial charge in [-0.1, -0.05) is 17.7 Å². The fourth-order valence-corrected chi connectivity index (χ4v) is 2.46. The van der Waals surface area contributed by atoms with Crippen LogP contribution in [0.25, 0.3) is 10.9 Å². The first-order valence-corrected chi connectivity index (χ1v) is 6.96. The summed E-state index contributed by atoms with van der Waals surface area (Å²) in [6, 6.07) is 7.49. The number of nitrogens with zero attached hydrogens (tertiary/aromatic N) is 1. The van der Waals surface area contributed by atoms with Gasteiger partial charge >= 0.3 is 0 Å². The van der Waals surface area contributed by atoms with Gasteiger partial charge in [0.05, 0.1) is 5.52 Å². The van der Waals surface area contributed by atoms with E-state index in [0.29, 0.717) is 22.1 Å². The molecule has 98 valence electrons. The van der Waals surface area contributed by atoms with Crippen LogP contribution in [0.4, 0.5) is 0 Å². The minimum atomic E-state index is -0.740. The van der Waals surface area contributed by atoms with Crippen LogP contribution in [-0.2, 0) is 4.79 Å². The van der Waals surface area contributed by atoms with Crippen molar-refractivity contribution >= 4 is 40.0 Å². The van der Waals surface area contributed by atoms with Crippen molar-refractivity contribution in [1.29, 1.82) is 0 Å². The highest BCUT2D eigenvalue weighted by Crippen LogP contribution is 2.32. The molecule has 3 rings (SSSR count). The first-order valence-electron chi connectivity index (χ1n) is 6.14. The molecule has 1 heterocycles. The van der Waals surface area contributed by atoms with Crippen molar-refractivity contribution in [2.75, 3.05) is 0 Å². The van der Waals surface area contributed by atoms with E-state index in [4.69, 9.17) is 23.2 Å². The third-order valence-corrected chi connectivity index (χ3v) is 3.94. The Bertz CT molecular complexity index is 640. The van der Waals surface area contributed by atoms with E-state index < -0.39 is 5.38 Å². The molecule has 1 aliphatic rings. The molecular weight excluding hydrogens is 283 g/mol. The number of pyridine rings is 1. The van der Waals surface area contributed by atoms with E-state index in [1.807, 2.05) is 12.1 Å². The number of halogens is 2. The summed E-state index contributed by atoms with van der Waals surface area (Å²) < 4.78 is 0. The predicted octanol–water partition coefficient (Wildman–Crippen LogP) is 3.45. The molecule has 1 unspecified atom stereocenters. The number of hydrogen-bond acceptors (Lipinski definition) is 2. The van der Waals surface area contributed by atoms with Crippen molar-refractivity contribution in [2.24, 2.45) is 0 Å². The summed E-state index contributed by atoms with van der Waals surface area (Å²) in [4.78, 5) is 16.3. The number of carbonyl (C=O) groups excluding carboxylic acids is 1. The average molecular weight is 295 g/mol. The summed E-state index contributed by atoms with van der Waals surface area (Å²) >= 11 is 12.4. The van der Waals surface area contributed by atoms with Gasteiger partial charge in [-0.2, -0.15) is 0 Å². The van der Waals surface area contributed by atoms with Crippen LogP contribution in [0.1, 0.15) is 23.8 Å². The maximum Gasteiger partial charge on any atom is 0.242 e. The minimum absolute atomic E-state index is 0.168. The Labute approximate surface area is 120 Å². The summed E-state index contributed by atoms with van der Waals surface area (Å²) in [5.74, 6) is -0.168. The molecule has 0 radical (unpaired) electrons. The number of carbonyl (C=O) groups is 1. The molecule has 19 heavy (non-hydrogen) atoms. The Balaban J connectivity index is 1.99. The molecule has 1 saturated carbocycles. The summed E-state index contributed by atoms with van der Waals surface area (Å²) in [7, 11) is 0. The quantitative estimate of drug-likeness (QED) is 0.881. The van der Waals surface area contributed by atoms with Crippen LogP contribution in [0.5, 0.6) is 0 Å². The predicted molar refractivity (Wildman–Crippen MR) is 76.5 cm³/mol. The van der Waals surface area contributed by atoms with Crippen LogP contribution in [0.2, 0.25) is 5.02 Å². The highest BCUT2D eigenvalue weighted by atomic mass is 35.5. The van der Waals surface area contributed by atoms with Gasteiger partial charge in [0.15, 0.2) is 0 Å². The Kier molecular flexibility index (Phi) is 3.33. The Hall–Kier alpha value is -1.32. The van der Waals surface area contributed by atoms with Crippen LogP contribution < -0.4 is 5.32 Å². The van der Waals surface area contributed by atoms with Crippen LogP contribution in [0.15, 0.2) is 30.5 Å². The third kappa shape index (κ3) is 2.53. The van der Waals surface area contributed by atoms with E-state index in [0.717, 1.165) is 18.2 Å². The molecule has 3 nitrogen and oxygen atoms in total. The zero-order valence-electron chi connectivity index (χ0n) is 10.1. The highest BCUT2D eigenvalue weighted by Gasteiger charge is 2.28. The maximum absolute atomic E-state index is 12.0. The second-order valence-electron chi connectivity index (χ2n) is 4.68. The molecule has 1 N–H and O–H groups in total. The van der Waals surface area contributed by atoms with E-state index in [9.17, 15) is 4.79 Å². The first-order chi connectivity index (χ1) is 9.16. The van der Waals surface area contributed by atoms with Crippen LogP contribution in [0.3, 0.4) is 0 Å². The lowest BCUT2D eigenvalue weighted by Crippen LogP contribution is -2.28. The van der Waals surface area contributed by atoms with E-state index in [1.165, 1.54) is 0 Å². The number of nitrogens with one attached hydrogen (secondary N) is 1. The number of benzene rings is 1. The Morgan fingerprint density at radius 3 is 2.89 bits per heavy atom. The van der Waals surface area contributed by atoms with Gasteiger partial charge in [-0.25, -0.2) is 0 Å². The van der Waals surface area contributed by atoms with Gasteiger partial charge in [0.25, 0.3) is 0 Å². The molecule has 1 aliphatic carbocycles. The molecule has 5 heteroatoms. The average Bonchev–Trinajstić information content (AvgIpc) is 3.23. The summed E-state index contributed by atoms with van der Waals surface area (Å²) in [6.45, 7) is 0. The highest BCUT2D eigenvalue weighted by molar-refractivity contribution is 6.36. The third-order valence-electron chi connectivity index (χ3n) is 3.17. The Morgan fingerprint density at radius 1 is 1.37 bits per heavy atom. The molecule has 0 saturated heterocycles. The summed E-state index contributed by atoms with van der Waals surface area (Å²) in [5, 5.41) is 3.58. The fourth-order valence-electron chi connectivity index (χ4n) is 2.01. The zero-order valence-corrected chi connectivity index (χ0v) is 11.6. The lowest BCUT2D eigenvalue weighted by Gasteiger charge is -2.13. The molecule has 1 aromatic heterocycles. The van der Waals surface area contributed by atoms with Gasteiger partial charge in [0.1, 0.15) is 5.38 Å². The van der Waals surface area contributed by atoms with Crippen molar-refractivity contribution in [2.45, 2.75) is 24.3 Å². The van der Waals surface area contributed by atoms with Crippen LogP contribution in [0, 0.1) is 0 Å². The first kappa shape index (κ1) is 12.7.